The summed E-state index contributed by atoms with van der Waals surface area (Å²) >= 11 is 0. The Labute approximate surface area is 167 Å². The van der Waals surface area contributed by atoms with Crippen molar-refractivity contribution in [2.75, 3.05) is 5.32 Å². The van der Waals surface area contributed by atoms with Crippen LogP contribution in [0.4, 0.5) is 5.69 Å². The lowest BCUT2D eigenvalue weighted by molar-refractivity contribution is -0.124. The zero-order valence-corrected chi connectivity index (χ0v) is 15.6. The normalized spacial score (nSPS) is 10.6. The Kier molecular flexibility index (Phi) is 6.34. The maximum atomic E-state index is 12.9. The average Bonchev–Trinajstić information content (AvgIpc) is 2.74. The lowest BCUT2D eigenvalue weighted by Crippen LogP contribution is -2.15. The molecule has 0 saturated heterocycles. The lowest BCUT2D eigenvalue weighted by Gasteiger charge is -2.13. The fraction of sp³-hybridized carbons (Fsp3) is 0.0455. The Morgan fingerprint density at radius 1 is 1.03 bits per heavy atom. The van der Waals surface area contributed by atoms with Gasteiger partial charge in [0.25, 0.3) is 11.8 Å². The SMILES string of the molecule is Cc1ccccc1Oc1ncccc1C(=O)Nc1ccccc1/C=C/C(=O)NO. The van der Waals surface area contributed by atoms with Crippen molar-refractivity contribution >= 4 is 23.6 Å². The van der Waals surface area contributed by atoms with E-state index < -0.39 is 11.8 Å². The summed E-state index contributed by atoms with van der Waals surface area (Å²) < 4.78 is 5.86. The standard InChI is InChI=1S/C22H19N3O4/c1-15-7-2-5-11-19(15)29-22-17(9-6-14-23-22)21(27)24-18-10-4-3-8-16(18)12-13-20(26)25-28/h2-14,28H,1H3,(H,24,27)(H,25,26)/b13-12+. The molecule has 1 aromatic heterocycles. The summed E-state index contributed by atoms with van der Waals surface area (Å²) in [5.41, 5.74) is 3.79. The molecule has 2 amide bonds. The van der Waals surface area contributed by atoms with Gasteiger partial charge in [-0.15, -0.1) is 0 Å². The van der Waals surface area contributed by atoms with Crippen molar-refractivity contribution in [3.63, 3.8) is 0 Å². The van der Waals surface area contributed by atoms with Crippen molar-refractivity contribution in [3.05, 3.63) is 89.6 Å². The molecule has 0 unspecified atom stereocenters. The van der Waals surface area contributed by atoms with E-state index in [2.05, 4.69) is 10.3 Å². The number of hydroxylamine groups is 1. The molecule has 3 aromatic rings. The fourth-order valence-electron chi connectivity index (χ4n) is 2.57. The summed E-state index contributed by atoms with van der Waals surface area (Å²) in [6, 6.07) is 17.7. The minimum Gasteiger partial charge on any atom is -0.438 e. The van der Waals surface area contributed by atoms with Crippen LogP contribution >= 0.6 is 0 Å². The minimum absolute atomic E-state index is 0.187. The molecule has 7 nitrogen and oxygen atoms in total. The summed E-state index contributed by atoms with van der Waals surface area (Å²) in [4.78, 5) is 28.3. The van der Waals surface area contributed by atoms with E-state index in [4.69, 9.17) is 9.94 Å². The Bertz CT molecular complexity index is 1060. The fourth-order valence-corrected chi connectivity index (χ4v) is 2.57. The second-order valence-corrected chi connectivity index (χ2v) is 6.07. The highest BCUT2D eigenvalue weighted by molar-refractivity contribution is 6.07. The molecule has 0 aliphatic heterocycles. The number of anilines is 1. The van der Waals surface area contributed by atoms with E-state index in [-0.39, 0.29) is 11.4 Å². The summed E-state index contributed by atoms with van der Waals surface area (Å²) in [6.45, 7) is 1.91. The lowest BCUT2D eigenvalue weighted by atomic mass is 10.1. The third-order valence-electron chi connectivity index (χ3n) is 4.05. The predicted octanol–water partition coefficient (Wildman–Crippen LogP) is 3.95. The van der Waals surface area contributed by atoms with Gasteiger partial charge < -0.3 is 10.1 Å². The van der Waals surface area contributed by atoms with Crippen molar-refractivity contribution in [3.8, 4) is 11.6 Å². The molecule has 0 radical (unpaired) electrons. The smallest absolute Gasteiger partial charge is 0.267 e. The first-order valence-electron chi connectivity index (χ1n) is 8.79. The van der Waals surface area contributed by atoms with E-state index in [1.165, 1.54) is 11.6 Å². The second kappa shape index (κ2) is 9.29. The van der Waals surface area contributed by atoms with Gasteiger partial charge >= 0.3 is 0 Å². The highest BCUT2D eigenvalue weighted by Gasteiger charge is 2.16. The number of aromatic nitrogens is 1. The monoisotopic (exact) mass is 389 g/mol. The van der Waals surface area contributed by atoms with Gasteiger partial charge in [-0.25, -0.2) is 10.5 Å². The van der Waals surface area contributed by atoms with Crippen LogP contribution in [0.25, 0.3) is 6.08 Å². The van der Waals surface area contributed by atoms with Gasteiger partial charge in [-0.3, -0.25) is 14.8 Å². The molecule has 29 heavy (non-hydrogen) atoms. The number of rotatable bonds is 6. The van der Waals surface area contributed by atoms with Crippen LogP contribution in [0.1, 0.15) is 21.5 Å². The van der Waals surface area contributed by atoms with Gasteiger partial charge in [0.2, 0.25) is 5.88 Å². The summed E-state index contributed by atoms with van der Waals surface area (Å²) in [7, 11) is 0. The van der Waals surface area contributed by atoms with Crippen LogP contribution in [0, 0.1) is 6.92 Å². The number of nitrogens with zero attached hydrogens (tertiary/aromatic N) is 1. The van der Waals surface area contributed by atoms with Gasteiger partial charge in [-0.1, -0.05) is 36.4 Å². The van der Waals surface area contributed by atoms with Crippen molar-refractivity contribution in [1.29, 1.82) is 0 Å². The van der Waals surface area contributed by atoms with Gasteiger partial charge in [0.05, 0.1) is 0 Å². The summed E-state index contributed by atoms with van der Waals surface area (Å²) in [5, 5.41) is 11.4. The van der Waals surface area contributed by atoms with E-state index >= 15 is 0 Å². The number of hydrogen-bond acceptors (Lipinski definition) is 5. The molecule has 0 saturated carbocycles. The van der Waals surface area contributed by atoms with E-state index in [0.717, 1.165) is 11.6 Å². The van der Waals surface area contributed by atoms with Crippen LogP contribution < -0.4 is 15.5 Å². The number of aryl methyl sites for hydroxylation is 1. The molecule has 3 rings (SSSR count). The topological polar surface area (TPSA) is 101 Å². The number of amides is 2. The zero-order chi connectivity index (χ0) is 20.6. The van der Waals surface area contributed by atoms with Gasteiger partial charge in [-0.05, 0) is 48.4 Å². The van der Waals surface area contributed by atoms with Crippen LogP contribution in [0.5, 0.6) is 11.6 Å². The van der Waals surface area contributed by atoms with Crippen LogP contribution in [-0.4, -0.2) is 22.0 Å². The van der Waals surface area contributed by atoms with Crippen LogP contribution in [0.3, 0.4) is 0 Å². The number of ether oxygens (including phenoxy) is 1. The third kappa shape index (κ3) is 5.06. The highest BCUT2D eigenvalue weighted by Crippen LogP contribution is 2.27. The Morgan fingerprint density at radius 3 is 2.59 bits per heavy atom. The largest absolute Gasteiger partial charge is 0.438 e. The predicted molar refractivity (Wildman–Crippen MR) is 109 cm³/mol. The summed E-state index contributed by atoms with van der Waals surface area (Å²) in [5.74, 6) is -0.285. The van der Waals surface area contributed by atoms with Gasteiger partial charge in [0.15, 0.2) is 0 Å². The molecule has 7 heteroatoms. The second-order valence-electron chi connectivity index (χ2n) is 6.07. The number of para-hydroxylation sites is 2. The zero-order valence-electron chi connectivity index (χ0n) is 15.6. The van der Waals surface area contributed by atoms with Crippen LogP contribution in [0.15, 0.2) is 72.9 Å². The quantitative estimate of drug-likeness (QED) is 0.337. The maximum Gasteiger partial charge on any atom is 0.267 e. The van der Waals surface area contributed by atoms with E-state index in [1.807, 2.05) is 25.1 Å². The number of benzene rings is 2. The first kappa shape index (κ1) is 19.8. The molecule has 0 atom stereocenters. The molecule has 0 aliphatic carbocycles. The van der Waals surface area contributed by atoms with Crippen molar-refractivity contribution < 1.29 is 19.5 Å². The Balaban J connectivity index is 1.85. The van der Waals surface area contributed by atoms with E-state index in [9.17, 15) is 9.59 Å². The molecule has 0 bridgehead atoms. The molecule has 0 aliphatic rings. The number of hydrogen-bond donors (Lipinski definition) is 3. The number of nitrogens with one attached hydrogen (secondary N) is 2. The summed E-state index contributed by atoms with van der Waals surface area (Å²) in [6.07, 6.45) is 4.19. The molecular formula is C22H19N3O4. The van der Waals surface area contributed by atoms with Crippen molar-refractivity contribution in [2.24, 2.45) is 0 Å². The third-order valence-corrected chi connectivity index (χ3v) is 4.05. The molecule has 2 aromatic carbocycles. The Morgan fingerprint density at radius 2 is 1.79 bits per heavy atom. The highest BCUT2D eigenvalue weighted by atomic mass is 16.5. The molecule has 146 valence electrons. The van der Waals surface area contributed by atoms with Gasteiger partial charge in [0, 0.05) is 18.0 Å². The van der Waals surface area contributed by atoms with E-state index in [0.29, 0.717) is 17.0 Å². The van der Waals surface area contributed by atoms with Gasteiger partial charge in [0.1, 0.15) is 11.3 Å². The first-order valence-corrected chi connectivity index (χ1v) is 8.79. The average molecular weight is 389 g/mol. The molecule has 3 N–H and O–H groups in total. The van der Waals surface area contributed by atoms with Crippen LogP contribution in [0.2, 0.25) is 0 Å². The van der Waals surface area contributed by atoms with Crippen molar-refractivity contribution in [1.82, 2.24) is 10.5 Å². The van der Waals surface area contributed by atoms with Crippen molar-refractivity contribution in [2.45, 2.75) is 6.92 Å². The van der Waals surface area contributed by atoms with Gasteiger partial charge in [-0.2, -0.15) is 0 Å². The van der Waals surface area contributed by atoms with E-state index in [1.54, 1.807) is 48.7 Å². The first-order chi connectivity index (χ1) is 14.1. The number of pyridine rings is 1. The number of carbonyl (C=O) groups excluding carboxylic acids is 2. The molecule has 0 fully saturated rings. The molecular weight excluding hydrogens is 370 g/mol. The molecule has 0 spiro atoms. The number of carbonyl (C=O) groups is 2. The maximum absolute atomic E-state index is 12.9. The Hall–Kier alpha value is -3.97. The van der Waals surface area contributed by atoms with Crippen LogP contribution in [-0.2, 0) is 4.79 Å². The minimum atomic E-state index is -0.674. The molecule has 1 heterocycles.